The number of rotatable bonds is 7. The van der Waals surface area contributed by atoms with Gasteiger partial charge >= 0.3 is 6.18 Å². The molecule has 0 spiro atoms. The Morgan fingerprint density at radius 2 is 1.78 bits per heavy atom. The van der Waals surface area contributed by atoms with Crippen LogP contribution >= 0.6 is 0 Å². The molecule has 2 aliphatic heterocycles. The Morgan fingerprint density at radius 3 is 2.50 bits per heavy atom. The highest BCUT2D eigenvalue weighted by Gasteiger charge is 2.40. The maximum absolute atomic E-state index is 13.0. The Balaban J connectivity index is 1.50. The largest absolute Gasteiger partial charge is 0.493 e. The molecule has 0 bridgehead atoms. The molecular formula is C22H28F3N3O4. The van der Waals surface area contributed by atoms with Gasteiger partial charge in [0.15, 0.2) is 0 Å². The molecule has 2 fully saturated rings. The first-order valence-electron chi connectivity index (χ1n) is 10.8. The lowest BCUT2D eigenvalue weighted by atomic mass is 9.95. The second kappa shape index (κ2) is 10.7. The molecule has 7 nitrogen and oxygen atoms in total. The quantitative estimate of drug-likeness (QED) is 0.685. The van der Waals surface area contributed by atoms with Gasteiger partial charge in [-0.1, -0.05) is 18.2 Å². The highest BCUT2D eigenvalue weighted by atomic mass is 19.4. The van der Waals surface area contributed by atoms with Gasteiger partial charge < -0.3 is 19.9 Å². The van der Waals surface area contributed by atoms with Crippen molar-refractivity contribution >= 4 is 17.7 Å². The fraction of sp³-hybridized carbons (Fsp3) is 0.591. The fourth-order valence-corrected chi connectivity index (χ4v) is 4.18. The van der Waals surface area contributed by atoms with E-state index in [2.05, 4.69) is 0 Å². The first kappa shape index (κ1) is 23.9. The lowest BCUT2D eigenvalue weighted by molar-refractivity contribution is -0.148. The van der Waals surface area contributed by atoms with E-state index in [-0.39, 0.29) is 31.4 Å². The number of alkyl halides is 3. The molecule has 0 saturated carbocycles. The third-order valence-corrected chi connectivity index (χ3v) is 5.75. The van der Waals surface area contributed by atoms with E-state index in [1.807, 2.05) is 23.5 Å². The van der Waals surface area contributed by atoms with Crippen LogP contribution in [0.15, 0.2) is 30.3 Å². The van der Waals surface area contributed by atoms with Crippen molar-refractivity contribution in [3.05, 3.63) is 30.3 Å². The molecule has 32 heavy (non-hydrogen) atoms. The number of nitrogens with one attached hydrogen (secondary N) is 1. The van der Waals surface area contributed by atoms with Gasteiger partial charge in [-0.2, -0.15) is 13.2 Å². The minimum atomic E-state index is -4.50. The Bertz CT molecular complexity index is 803. The van der Waals surface area contributed by atoms with Crippen LogP contribution in [0, 0.1) is 5.92 Å². The van der Waals surface area contributed by atoms with Gasteiger partial charge in [-0.05, 0) is 37.8 Å². The number of hydrogen-bond acceptors (Lipinski definition) is 4. The normalized spacial score (nSPS) is 21.3. The van der Waals surface area contributed by atoms with Gasteiger partial charge in [0.2, 0.25) is 17.7 Å². The molecule has 1 aromatic rings. The molecule has 1 N–H and O–H groups in total. The third-order valence-electron chi connectivity index (χ3n) is 5.75. The minimum absolute atomic E-state index is 0.112. The summed E-state index contributed by atoms with van der Waals surface area (Å²) < 4.78 is 42.8. The van der Waals surface area contributed by atoms with Crippen LogP contribution < -0.4 is 10.1 Å². The molecule has 10 heteroatoms. The molecule has 2 heterocycles. The van der Waals surface area contributed by atoms with Crippen molar-refractivity contribution in [2.24, 2.45) is 5.92 Å². The first-order chi connectivity index (χ1) is 15.2. The van der Waals surface area contributed by atoms with Gasteiger partial charge in [-0.25, -0.2) is 0 Å². The Morgan fingerprint density at radius 1 is 1.06 bits per heavy atom. The van der Waals surface area contributed by atoms with Crippen molar-refractivity contribution in [1.82, 2.24) is 15.1 Å². The summed E-state index contributed by atoms with van der Waals surface area (Å²) in [5, 5.41) is 1.88. The van der Waals surface area contributed by atoms with Gasteiger partial charge in [-0.3, -0.25) is 14.4 Å². The first-order valence-corrected chi connectivity index (χ1v) is 10.8. The van der Waals surface area contributed by atoms with Crippen molar-refractivity contribution in [3.63, 3.8) is 0 Å². The predicted molar refractivity (Wildman–Crippen MR) is 110 cm³/mol. The average molecular weight is 455 g/mol. The van der Waals surface area contributed by atoms with Crippen molar-refractivity contribution in [1.29, 1.82) is 0 Å². The number of halogens is 3. The summed E-state index contributed by atoms with van der Waals surface area (Å²) in [6, 6.07) is 8.26. The van der Waals surface area contributed by atoms with Crippen LogP contribution in [0.25, 0.3) is 0 Å². The zero-order chi connectivity index (χ0) is 23.1. The summed E-state index contributed by atoms with van der Waals surface area (Å²) in [7, 11) is 0. The predicted octanol–water partition coefficient (Wildman–Crippen LogP) is 2.36. The highest BCUT2D eigenvalue weighted by Crippen LogP contribution is 2.25. The smallest absolute Gasteiger partial charge is 0.405 e. The number of carbonyl (C=O) groups excluding carboxylic acids is 3. The van der Waals surface area contributed by atoms with Gasteiger partial charge in [0.1, 0.15) is 18.3 Å². The second-order valence-corrected chi connectivity index (χ2v) is 8.11. The number of nitrogens with zero attached hydrogens (tertiary/aromatic N) is 2. The van der Waals surface area contributed by atoms with Crippen molar-refractivity contribution < 1.29 is 32.3 Å². The SMILES string of the molecule is O=C(NCC(F)(F)F)C1CCCN1C(=O)C1CCCN(C(=O)CCOc2ccccc2)C1. The van der Waals surface area contributed by atoms with Crippen LogP contribution in [0.2, 0.25) is 0 Å². The summed E-state index contributed by atoms with van der Waals surface area (Å²) >= 11 is 0. The lowest BCUT2D eigenvalue weighted by Gasteiger charge is -2.35. The topological polar surface area (TPSA) is 79.0 Å². The maximum Gasteiger partial charge on any atom is 0.405 e. The number of ether oxygens (including phenoxy) is 1. The number of amides is 3. The van der Waals surface area contributed by atoms with E-state index >= 15 is 0 Å². The van der Waals surface area contributed by atoms with E-state index in [0.717, 1.165) is 0 Å². The number of carbonyl (C=O) groups is 3. The monoisotopic (exact) mass is 455 g/mol. The standard InChI is InChI=1S/C22H28F3N3O4/c23-22(24,25)15-26-20(30)18-9-5-12-28(18)21(31)16-6-4-11-27(14-16)19(29)10-13-32-17-7-2-1-3-8-17/h1-3,7-8,16,18H,4-6,9-15H2,(H,26,30). The molecule has 2 atom stereocenters. The van der Waals surface area contributed by atoms with Gasteiger partial charge in [0.25, 0.3) is 0 Å². The molecule has 0 radical (unpaired) electrons. The van der Waals surface area contributed by atoms with E-state index in [9.17, 15) is 27.6 Å². The molecule has 3 amide bonds. The Hall–Kier alpha value is -2.78. The summed E-state index contributed by atoms with van der Waals surface area (Å²) in [6.07, 6.45) is -2.19. The van der Waals surface area contributed by atoms with Crippen molar-refractivity contribution in [2.45, 2.75) is 44.3 Å². The van der Waals surface area contributed by atoms with Gasteiger partial charge in [-0.15, -0.1) is 0 Å². The lowest BCUT2D eigenvalue weighted by Crippen LogP contribution is -2.52. The molecular weight excluding hydrogens is 427 g/mol. The number of hydrogen-bond donors (Lipinski definition) is 1. The number of likely N-dealkylation sites (tertiary alicyclic amines) is 2. The maximum atomic E-state index is 13.0. The summed E-state index contributed by atoms with van der Waals surface area (Å²) in [6.45, 7) is -0.0647. The van der Waals surface area contributed by atoms with E-state index < -0.39 is 30.6 Å². The van der Waals surface area contributed by atoms with Crippen molar-refractivity contribution in [2.75, 3.05) is 32.8 Å². The number of para-hydroxylation sites is 1. The van der Waals surface area contributed by atoms with Crippen LogP contribution in [0.4, 0.5) is 13.2 Å². The molecule has 0 aliphatic carbocycles. The zero-order valence-electron chi connectivity index (χ0n) is 17.8. The molecule has 0 aromatic heterocycles. The Kier molecular flexibility index (Phi) is 7.98. The van der Waals surface area contributed by atoms with Crippen LogP contribution in [-0.2, 0) is 14.4 Å². The number of benzene rings is 1. The molecule has 176 valence electrons. The van der Waals surface area contributed by atoms with E-state index in [4.69, 9.17) is 4.74 Å². The highest BCUT2D eigenvalue weighted by molar-refractivity contribution is 5.89. The minimum Gasteiger partial charge on any atom is -0.493 e. The van der Waals surface area contributed by atoms with Crippen LogP contribution in [0.1, 0.15) is 32.1 Å². The summed E-state index contributed by atoms with van der Waals surface area (Å²) in [5.74, 6) is -0.948. The number of piperidine rings is 1. The molecule has 1 aromatic carbocycles. The van der Waals surface area contributed by atoms with Crippen LogP contribution in [0.3, 0.4) is 0 Å². The second-order valence-electron chi connectivity index (χ2n) is 8.11. The summed E-state index contributed by atoms with van der Waals surface area (Å²) in [4.78, 5) is 40.9. The molecule has 2 saturated heterocycles. The van der Waals surface area contributed by atoms with E-state index in [1.54, 1.807) is 17.0 Å². The third kappa shape index (κ3) is 6.61. The van der Waals surface area contributed by atoms with Gasteiger partial charge in [0.05, 0.1) is 18.9 Å². The molecule has 3 rings (SSSR count). The average Bonchev–Trinajstić information content (AvgIpc) is 3.27. The van der Waals surface area contributed by atoms with Crippen LogP contribution in [0.5, 0.6) is 5.75 Å². The Labute approximate surface area is 184 Å². The van der Waals surface area contributed by atoms with E-state index in [0.29, 0.717) is 44.5 Å². The zero-order valence-corrected chi connectivity index (χ0v) is 17.8. The molecule has 2 aliphatic rings. The molecule has 2 unspecified atom stereocenters. The fourth-order valence-electron chi connectivity index (χ4n) is 4.18. The van der Waals surface area contributed by atoms with Crippen molar-refractivity contribution in [3.8, 4) is 5.75 Å². The van der Waals surface area contributed by atoms with Gasteiger partial charge in [0, 0.05) is 19.6 Å². The van der Waals surface area contributed by atoms with Crippen LogP contribution in [-0.4, -0.2) is 72.5 Å². The summed E-state index contributed by atoms with van der Waals surface area (Å²) in [5.41, 5.74) is 0. The van der Waals surface area contributed by atoms with E-state index in [1.165, 1.54) is 4.90 Å².